The smallest absolute Gasteiger partial charge is 0.229 e. The van der Waals surface area contributed by atoms with Crippen LogP contribution < -0.4 is 5.32 Å². The number of aryl methyl sites for hydroxylation is 2. The SMILES string of the molecule is Cc1nc(CCNC(=O)C2(Cc3ccccc3F)CN(Cc3cnn(C)c3)C2)no1. The predicted molar refractivity (Wildman–Crippen MR) is 107 cm³/mol. The molecule has 1 fully saturated rings. The first kappa shape index (κ1) is 20.2. The van der Waals surface area contributed by atoms with E-state index in [4.69, 9.17) is 4.52 Å². The Hall–Kier alpha value is -3.07. The number of amides is 1. The molecule has 3 heterocycles. The van der Waals surface area contributed by atoms with E-state index in [1.807, 2.05) is 19.4 Å². The number of nitrogens with zero attached hydrogens (tertiary/aromatic N) is 5. The normalized spacial score (nSPS) is 15.7. The molecular formula is C21H25FN6O2. The summed E-state index contributed by atoms with van der Waals surface area (Å²) >= 11 is 0. The van der Waals surface area contributed by atoms with Crippen LogP contribution in [-0.4, -0.2) is 50.4 Å². The third-order valence-corrected chi connectivity index (χ3v) is 5.39. The van der Waals surface area contributed by atoms with Crippen LogP contribution in [0.1, 0.15) is 22.8 Å². The van der Waals surface area contributed by atoms with Crippen molar-refractivity contribution < 1.29 is 13.7 Å². The van der Waals surface area contributed by atoms with Gasteiger partial charge >= 0.3 is 0 Å². The molecule has 0 spiro atoms. The molecule has 1 saturated heterocycles. The zero-order chi connectivity index (χ0) is 21.1. The van der Waals surface area contributed by atoms with Crippen molar-refractivity contribution in [2.45, 2.75) is 26.3 Å². The Morgan fingerprint density at radius 1 is 1.33 bits per heavy atom. The molecule has 158 valence electrons. The van der Waals surface area contributed by atoms with E-state index in [-0.39, 0.29) is 11.7 Å². The second-order valence-corrected chi connectivity index (χ2v) is 7.95. The van der Waals surface area contributed by atoms with E-state index >= 15 is 0 Å². The van der Waals surface area contributed by atoms with E-state index in [2.05, 4.69) is 25.5 Å². The maximum Gasteiger partial charge on any atom is 0.229 e. The molecular weight excluding hydrogens is 387 g/mol. The first-order valence-corrected chi connectivity index (χ1v) is 9.94. The number of hydrogen-bond donors (Lipinski definition) is 1. The minimum absolute atomic E-state index is 0.0755. The van der Waals surface area contributed by atoms with Gasteiger partial charge in [-0.1, -0.05) is 23.4 Å². The molecule has 0 radical (unpaired) electrons. The molecule has 4 rings (SSSR count). The number of aromatic nitrogens is 4. The number of benzene rings is 1. The van der Waals surface area contributed by atoms with Crippen LogP contribution in [0.25, 0.3) is 0 Å². The maximum atomic E-state index is 14.3. The van der Waals surface area contributed by atoms with Gasteiger partial charge < -0.3 is 9.84 Å². The molecule has 1 aliphatic rings. The second kappa shape index (κ2) is 8.35. The Labute approximate surface area is 174 Å². The lowest BCUT2D eigenvalue weighted by Crippen LogP contribution is -2.64. The maximum absolute atomic E-state index is 14.3. The number of likely N-dealkylation sites (tertiary alicyclic amines) is 1. The molecule has 0 saturated carbocycles. The molecule has 0 bridgehead atoms. The quantitative estimate of drug-likeness (QED) is 0.605. The summed E-state index contributed by atoms with van der Waals surface area (Å²) < 4.78 is 21.0. The Balaban J connectivity index is 1.42. The van der Waals surface area contributed by atoms with Gasteiger partial charge in [0.1, 0.15) is 5.82 Å². The number of rotatable bonds is 8. The van der Waals surface area contributed by atoms with Crippen molar-refractivity contribution >= 4 is 5.91 Å². The first-order valence-electron chi connectivity index (χ1n) is 9.94. The minimum Gasteiger partial charge on any atom is -0.355 e. The molecule has 0 atom stereocenters. The van der Waals surface area contributed by atoms with E-state index in [0.29, 0.717) is 56.3 Å². The van der Waals surface area contributed by atoms with Crippen molar-refractivity contribution in [2.24, 2.45) is 12.5 Å². The summed E-state index contributed by atoms with van der Waals surface area (Å²) in [7, 11) is 1.88. The number of halogens is 1. The predicted octanol–water partition coefficient (Wildman–Crippen LogP) is 1.65. The Kier molecular flexibility index (Phi) is 5.63. The molecule has 1 aliphatic heterocycles. The van der Waals surface area contributed by atoms with Gasteiger partial charge in [-0.05, 0) is 18.1 Å². The van der Waals surface area contributed by atoms with Crippen LogP contribution in [0, 0.1) is 18.2 Å². The molecule has 0 aliphatic carbocycles. The number of nitrogens with one attached hydrogen (secondary N) is 1. The monoisotopic (exact) mass is 412 g/mol. The van der Waals surface area contributed by atoms with Crippen molar-refractivity contribution in [3.63, 3.8) is 0 Å². The highest BCUT2D eigenvalue weighted by atomic mass is 19.1. The van der Waals surface area contributed by atoms with E-state index < -0.39 is 5.41 Å². The fourth-order valence-electron chi connectivity index (χ4n) is 3.99. The molecule has 0 unspecified atom stereocenters. The summed E-state index contributed by atoms with van der Waals surface area (Å²) in [5, 5.41) is 11.0. The number of carbonyl (C=O) groups is 1. The van der Waals surface area contributed by atoms with Gasteiger partial charge in [0.25, 0.3) is 0 Å². The third kappa shape index (κ3) is 4.40. The lowest BCUT2D eigenvalue weighted by molar-refractivity contribution is -0.142. The van der Waals surface area contributed by atoms with Gasteiger partial charge in [0.05, 0.1) is 11.6 Å². The van der Waals surface area contributed by atoms with Crippen molar-refractivity contribution in [1.82, 2.24) is 30.1 Å². The van der Waals surface area contributed by atoms with E-state index in [1.54, 1.807) is 29.8 Å². The van der Waals surface area contributed by atoms with Gasteiger partial charge in [-0.25, -0.2) is 4.39 Å². The second-order valence-electron chi connectivity index (χ2n) is 7.95. The van der Waals surface area contributed by atoms with Gasteiger partial charge in [-0.15, -0.1) is 0 Å². The largest absolute Gasteiger partial charge is 0.355 e. The van der Waals surface area contributed by atoms with Gasteiger partial charge in [-0.2, -0.15) is 10.1 Å². The zero-order valence-electron chi connectivity index (χ0n) is 17.1. The molecule has 3 aromatic rings. The van der Waals surface area contributed by atoms with E-state index in [0.717, 1.165) is 5.56 Å². The summed E-state index contributed by atoms with van der Waals surface area (Å²) in [5.74, 6) is 0.700. The van der Waals surface area contributed by atoms with Crippen LogP contribution >= 0.6 is 0 Å². The van der Waals surface area contributed by atoms with Crippen molar-refractivity contribution in [2.75, 3.05) is 19.6 Å². The Bertz CT molecular complexity index is 1020. The lowest BCUT2D eigenvalue weighted by Gasteiger charge is -2.49. The van der Waals surface area contributed by atoms with Crippen LogP contribution in [0.3, 0.4) is 0 Å². The molecule has 2 aromatic heterocycles. The summed E-state index contributed by atoms with van der Waals surface area (Å²) in [4.78, 5) is 19.4. The highest BCUT2D eigenvalue weighted by Crippen LogP contribution is 2.36. The zero-order valence-corrected chi connectivity index (χ0v) is 17.1. The van der Waals surface area contributed by atoms with Crippen LogP contribution in [0.4, 0.5) is 4.39 Å². The Morgan fingerprint density at radius 3 is 2.80 bits per heavy atom. The topological polar surface area (TPSA) is 89.1 Å². The highest BCUT2D eigenvalue weighted by molar-refractivity contribution is 5.84. The first-order chi connectivity index (χ1) is 14.4. The lowest BCUT2D eigenvalue weighted by atomic mass is 9.73. The average molecular weight is 412 g/mol. The fourth-order valence-corrected chi connectivity index (χ4v) is 3.99. The number of hydrogen-bond acceptors (Lipinski definition) is 6. The van der Waals surface area contributed by atoms with Crippen LogP contribution in [-0.2, 0) is 31.2 Å². The van der Waals surface area contributed by atoms with Crippen molar-refractivity contribution in [1.29, 1.82) is 0 Å². The van der Waals surface area contributed by atoms with Crippen LogP contribution in [0.2, 0.25) is 0 Å². The Morgan fingerprint density at radius 2 is 2.13 bits per heavy atom. The van der Waals surface area contributed by atoms with Crippen LogP contribution in [0.5, 0.6) is 0 Å². The van der Waals surface area contributed by atoms with Gasteiger partial charge in [0.15, 0.2) is 5.82 Å². The summed E-state index contributed by atoms with van der Waals surface area (Å²) in [6.45, 7) is 3.96. The van der Waals surface area contributed by atoms with Gasteiger partial charge in [0, 0.05) is 58.3 Å². The molecule has 1 aromatic carbocycles. The summed E-state index contributed by atoms with van der Waals surface area (Å²) in [5.41, 5.74) is 0.977. The number of carbonyl (C=O) groups excluding carboxylic acids is 1. The van der Waals surface area contributed by atoms with Crippen molar-refractivity contribution in [3.8, 4) is 0 Å². The van der Waals surface area contributed by atoms with Crippen molar-refractivity contribution in [3.05, 3.63) is 65.3 Å². The van der Waals surface area contributed by atoms with E-state index in [9.17, 15) is 9.18 Å². The fraction of sp³-hybridized carbons (Fsp3) is 0.429. The standard InChI is InChI=1S/C21H25FN6O2/c1-15-25-19(26-30-15)7-8-23-20(29)21(9-17-5-3-4-6-18(17)22)13-28(14-21)12-16-10-24-27(2)11-16/h3-6,10-11H,7-9,12-14H2,1-2H3,(H,23,29). The van der Waals surface area contributed by atoms with Gasteiger partial charge in [0.2, 0.25) is 11.8 Å². The summed E-state index contributed by atoms with van der Waals surface area (Å²) in [6.07, 6.45) is 4.63. The van der Waals surface area contributed by atoms with Gasteiger partial charge in [-0.3, -0.25) is 14.4 Å². The molecule has 9 heteroatoms. The van der Waals surface area contributed by atoms with Crippen LogP contribution in [0.15, 0.2) is 41.2 Å². The molecule has 1 N–H and O–H groups in total. The summed E-state index contributed by atoms with van der Waals surface area (Å²) in [6, 6.07) is 6.64. The molecule has 30 heavy (non-hydrogen) atoms. The minimum atomic E-state index is -0.669. The third-order valence-electron chi connectivity index (χ3n) is 5.39. The highest BCUT2D eigenvalue weighted by Gasteiger charge is 2.49. The molecule has 1 amide bonds. The van der Waals surface area contributed by atoms with E-state index in [1.165, 1.54) is 6.07 Å². The average Bonchev–Trinajstić information content (AvgIpc) is 3.29. The molecule has 8 nitrogen and oxygen atoms in total.